The Morgan fingerprint density at radius 3 is 2.77 bits per heavy atom. The van der Waals surface area contributed by atoms with Crippen molar-refractivity contribution in [1.82, 2.24) is 0 Å². The summed E-state index contributed by atoms with van der Waals surface area (Å²) in [6, 6.07) is 0. The van der Waals surface area contributed by atoms with Crippen LogP contribution < -0.4 is 0 Å². The first-order chi connectivity index (χ1) is 6.25. The van der Waals surface area contributed by atoms with Crippen molar-refractivity contribution in [3.05, 3.63) is 22.7 Å². The SMILES string of the molecule is C=CCCC(O)C1=C(Br)CCCC1. The lowest BCUT2D eigenvalue weighted by Crippen LogP contribution is -2.13. The maximum Gasteiger partial charge on any atom is 0.0763 e. The number of halogens is 1. The van der Waals surface area contributed by atoms with Gasteiger partial charge in [0, 0.05) is 0 Å². The summed E-state index contributed by atoms with van der Waals surface area (Å²) < 4.78 is 1.23. The van der Waals surface area contributed by atoms with Crippen molar-refractivity contribution in [1.29, 1.82) is 0 Å². The summed E-state index contributed by atoms with van der Waals surface area (Å²) in [4.78, 5) is 0. The van der Waals surface area contributed by atoms with Crippen LogP contribution in [0.5, 0.6) is 0 Å². The molecule has 0 saturated heterocycles. The zero-order valence-electron chi connectivity index (χ0n) is 7.93. The van der Waals surface area contributed by atoms with Crippen LogP contribution in [0.15, 0.2) is 22.7 Å². The molecule has 0 amide bonds. The van der Waals surface area contributed by atoms with Crippen LogP contribution in [0.1, 0.15) is 38.5 Å². The monoisotopic (exact) mass is 244 g/mol. The van der Waals surface area contributed by atoms with E-state index < -0.39 is 0 Å². The number of hydrogen-bond donors (Lipinski definition) is 1. The molecule has 1 atom stereocenters. The Balaban J connectivity index is 2.52. The van der Waals surface area contributed by atoms with E-state index in [9.17, 15) is 5.11 Å². The van der Waals surface area contributed by atoms with Gasteiger partial charge in [-0.25, -0.2) is 0 Å². The van der Waals surface area contributed by atoms with Crippen molar-refractivity contribution >= 4 is 15.9 Å². The third-order valence-electron chi connectivity index (χ3n) is 2.49. The second kappa shape index (κ2) is 5.61. The largest absolute Gasteiger partial charge is 0.389 e. The molecule has 0 spiro atoms. The molecule has 0 bridgehead atoms. The first-order valence-corrected chi connectivity index (χ1v) is 5.71. The normalized spacial score (nSPS) is 20.2. The molecule has 0 aliphatic heterocycles. The van der Waals surface area contributed by atoms with Gasteiger partial charge in [0.05, 0.1) is 6.10 Å². The molecule has 1 unspecified atom stereocenters. The van der Waals surface area contributed by atoms with Crippen molar-refractivity contribution in [3.8, 4) is 0 Å². The van der Waals surface area contributed by atoms with Gasteiger partial charge >= 0.3 is 0 Å². The molecule has 1 nitrogen and oxygen atoms in total. The molecule has 0 heterocycles. The molecular formula is C11H17BrO. The Morgan fingerprint density at radius 2 is 2.15 bits per heavy atom. The van der Waals surface area contributed by atoms with Crippen LogP contribution in [-0.4, -0.2) is 11.2 Å². The molecule has 13 heavy (non-hydrogen) atoms. The molecular weight excluding hydrogens is 228 g/mol. The van der Waals surface area contributed by atoms with Gasteiger partial charge in [-0.15, -0.1) is 6.58 Å². The van der Waals surface area contributed by atoms with Crippen molar-refractivity contribution in [2.24, 2.45) is 0 Å². The Morgan fingerprint density at radius 1 is 1.46 bits per heavy atom. The average molecular weight is 245 g/mol. The molecule has 1 aliphatic carbocycles. The van der Waals surface area contributed by atoms with Crippen molar-refractivity contribution in [3.63, 3.8) is 0 Å². The van der Waals surface area contributed by atoms with Crippen LogP contribution in [-0.2, 0) is 0 Å². The molecule has 74 valence electrons. The van der Waals surface area contributed by atoms with Gasteiger partial charge in [-0.1, -0.05) is 22.0 Å². The third-order valence-corrected chi connectivity index (χ3v) is 3.39. The van der Waals surface area contributed by atoms with E-state index in [1.54, 1.807) is 0 Å². The smallest absolute Gasteiger partial charge is 0.0763 e. The zero-order valence-corrected chi connectivity index (χ0v) is 9.52. The van der Waals surface area contributed by atoms with E-state index in [4.69, 9.17) is 0 Å². The standard InChI is InChI=1S/C11H17BrO/c1-2-3-8-11(13)9-6-4-5-7-10(9)12/h2,11,13H,1,3-8H2. The highest BCUT2D eigenvalue weighted by molar-refractivity contribution is 9.11. The van der Waals surface area contributed by atoms with Crippen LogP contribution in [0, 0.1) is 0 Å². The fourth-order valence-corrected chi connectivity index (χ4v) is 2.43. The van der Waals surface area contributed by atoms with Gasteiger partial charge in [-0.3, -0.25) is 0 Å². The minimum Gasteiger partial charge on any atom is -0.389 e. The quantitative estimate of drug-likeness (QED) is 0.751. The number of aliphatic hydroxyl groups is 1. The number of allylic oxidation sites excluding steroid dienone is 2. The van der Waals surface area contributed by atoms with Gasteiger partial charge in [0.1, 0.15) is 0 Å². The zero-order chi connectivity index (χ0) is 9.68. The maximum atomic E-state index is 9.84. The Labute approximate surface area is 88.7 Å². The summed E-state index contributed by atoms with van der Waals surface area (Å²) in [6.07, 6.45) is 7.93. The Hall–Kier alpha value is -0.0800. The van der Waals surface area contributed by atoms with Gasteiger partial charge in [-0.05, 0) is 48.6 Å². The van der Waals surface area contributed by atoms with E-state index in [-0.39, 0.29) is 6.10 Å². The predicted molar refractivity (Wildman–Crippen MR) is 59.9 cm³/mol. The molecule has 0 aromatic carbocycles. The van der Waals surface area contributed by atoms with E-state index >= 15 is 0 Å². The first-order valence-electron chi connectivity index (χ1n) is 4.92. The second-order valence-corrected chi connectivity index (χ2v) is 4.48. The van der Waals surface area contributed by atoms with Crippen molar-refractivity contribution < 1.29 is 5.11 Å². The van der Waals surface area contributed by atoms with Gasteiger partial charge in [0.15, 0.2) is 0 Å². The summed E-state index contributed by atoms with van der Waals surface area (Å²) in [6.45, 7) is 3.66. The van der Waals surface area contributed by atoms with Crippen molar-refractivity contribution in [2.45, 2.75) is 44.6 Å². The van der Waals surface area contributed by atoms with Crippen molar-refractivity contribution in [2.75, 3.05) is 0 Å². The summed E-state index contributed by atoms with van der Waals surface area (Å²) in [7, 11) is 0. The molecule has 0 saturated carbocycles. The fourth-order valence-electron chi connectivity index (χ4n) is 1.69. The molecule has 1 aliphatic rings. The maximum absolute atomic E-state index is 9.84. The van der Waals surface area contributed by atoms with Crippen LogP contribution in [0.3, 0.4) is 0 Å². The number of aliphatic hydroxyl groups excluding tert-OH is 1. The Bertz CT molecular complexity index is 208. The van der Waals surface area contributed by atoms with E-state index in [0.29, 0.717) is 0 Å². The summed E-state index contributed by atoms with van der Waals surface area (Å²) in [5.41, 5.74) is 1.22. The molecule has 0 radical (unpaired) electrons. The van der Waals surface area contributed by atoms with Gasteiger partial charge in [0.2, 0.25) is 0 Å². The first kappa shape index (κ1) is 11.0. The number of hydrogen-bond acceptors (Lipinski definition) is 1. The van der Waals surface area contributed by atoms with Crippen LogP contribution in [0.4, 0.5) is 0 Å². The lowest BCUT2D eigenvalue weighted by atomic mass is 9.93. The van der Waals surface area contributed by atoms with E-state index in [1.807, 2.05) is 6.08 Å². The molecule has 0 aromatic heterocycles. The minimum absolute atomic E-state index is 0.257. The highest BCUT2D eigenvalue weighted by Crippen LogP contribution is 2.31. The van der Waals surface area contributed by atoms with Crippen LogP contribution >= 0.6 is 15.9 Å². The molecule has 2 heteroatoms. The lowest BCUT2D eigenvalue weighted by molar-refractivity contribution is 0.194. The van der Waals surface area contributed by atoms with Gasteiger partial charge < -0.3 is 5.11 Å². The summed E-state index contributed by atoms with van der Waals surface area (Å²) in [5, 5.41) is 9.84. The van der Waals surface area contributed by atoms with Gasteiger partial charge in [0.25, 0.3) is 0 Å². The van der Waals surface area contributed by atoms with Crippen LogP contribution in [0.2, 0.25) is 0 Å². The molecule has 0 fully saturated rings. The van der Waals surface area contributed by atoms with E-state index in [2.05, 4.69) is 22.5 Å². The second-order valence-electron chi connectivity index (χ2n) is 3.52. The van der Waals surface area contributed by atoms with E-state index in [0.717, 1.165) is 25.7 Å². The topological polar surface area (TPSA) is 20.2 Å². The summed E-state index contributed by atoms with van der Waals surface area (Å²) in [5.74, 6) is 0. The van der Waals surface area contributed by atoms with Crippen LogP contribution in [0.25, 0.3) is 0 Å². The lowest BCUT2D eigenvalue weighted by Gasteiger charge is -2.20. The van der Waals surface area contributed by atoms with E-state index in [1.165, 1.54) is 22.9 Å². The predicted octanol–water partition coefficient (Wildman–Crippen LogP) is 3.54. The third kappa shape index (κ3) is 3.28. The molecule has 0 aromatic rings. The Kier molecular flexibility index (Phi) is 4.74. The fraction of sp³-hybridized carbons (Fsp3) is 0.636. The summed E-state index contributed by atoms with van der Waals surface area (Å²) >= 11 is 3.54. The minimum atomic E-state index is -0.257. The highest BCUT2D eigenvalue weighted by atomic mass is 79.9. The molecule has 1 N–H and O–H groups in total. The van der Waals surface area contributed by atoms with Gasteiger partial charge in [-0.2, -0.15) is 0 Å². The molecule has 1 rings (SSSR count). The highest BCUT2D eigenvalue weighted by Gasteiger charge is 2.17. The number of rotatable bonds is 4. The average Bonchev–Trinajstić information content (AvgIpc) is 2.15.